The van der Waals surface area contributed by atoms with Gasteiger partial charge in [-0.05, 0) is 84.5 Å². The summed E-state index contributed by atoms with van der Waals surface area (Å²) in [6.45, 7) is 10.7. The molecule has 0 radical (unpaired) electrons. The molecule has 0 bridgehead atoms. The maximum absolute atomic E-state index is 13.4. The predicted molar refractivity (Wildman–Crippen MR) is 155 cm³/mol. The van der Waals surface area contributed by atoms with E-state index in [9.17, 15) is 9.90 Å². The number of likely N-dealkylation sites (N-methyl/N-ethyl adjacent to an activating group) is 2. The molecule has 1 amide bonds. The number of hydrogen-bond acceptors (Lipinski definition) is 8. The molecule has 1 fully saturated rings. The van der Waals surface area contributed by atoms with E-state index < -0.39 is 0 Å². The molecular formula is C29H42N8O2. The molecule has 10 nitrogen and oxygen atoms in total. The fourth-order valence-electron chi connectivity index (χ4n) is 6.04. The summed E-state index contributed by atoms with van der Waals surface area (Å²) in [6.07, 6.45) is 5.13. The summed E-state index contributed by atoms with van der Waals surface area (Å²) in [6, 6.07) is 9.50. The summed E-state index contributed by atoms with van der Waals surface area (Å²) in [7, 11) is 5.96. The highest BCUT2D eigenvalue weighted by Gasteiger charge is 2.48. The van der Waals surface area contributed by atoms with E-state index in [-0.39, 0.29) is 28.8 Å². The van der Waals surface area contributed by atoms with Gasteiger partial charge in [0.25, 0.3) is 0 Å². The average molecular weight is 535 g/mol. The van der Waals surface area contributed by atoms with E-state index in [4.69, 9.17) is 0 Å². The Labute approximate surface area is 231 Å². The van der Waals surface area contributed by atoms with Crippen molar-refractivity contribution in [1.29, 1.82) is 0 Å². The van der Waals surface area contributed by atoms with Crippen LogP contribution in [0.15, 0.2) is 42.7 Å². The van der Waals surface area contributed by atoms with Crippen LogP contribution in [0.3, 0.4) is 0 Å². The second kappa shape index (κ2) is 11.3. The van der Waals surface area contributed by atoms with E-state index in [1.165, 1.54) is 0 Å². The monoisotopic (exact) mass is 534 g/mol. The summed E-state index contributed by atoms with van der Waals surface area (Å²) in [5.41, 5.74) is 2.35. The van der Waals surface area contributed by atoms with E-state index in [1.807, 2.05) is 45.4 Å². The number of anilines is 1. The lowest BCUT2D eigenvalue weighted by atomic mass is 9.76. The summed E-state index contributed by atoms with van der Waals surface area (Å²) < 4.78 is 0. The SMILES string of the molecule is CNCCN(C)CC(=O)N1C(C)(C)CC(N(C)c2ccc(-c3ccc(-c4cn[nH]c4)cc3O)nn2)CC1(C)C. The number of phenols is 1. The first-order chi connectivity index (χ1) is 18.4. The van der Waals surface area contributed by atoms with Crippen LogP contribution in [0.2, 0.25) is 0 Å². The van der Waals surface area contributed by atoms with Crippen molar-refractivity contribution in [1.82, 2.24) is 35.5 Å². The van der Waals surface area contributed by atoms with Crippen molar-refractivity contribution in [3.8, 4) is 28.1 Å². The number of aromatic hydroxyl groups is 1. The fourth-order valence-corrected chi connectivity index (χ4v) is 6.04. The third-order valence-corrected chi connectivity index (χ3v) is 7.74. The number of phenolic OH excluding ortho intramolecular Hbond substituents is 1. The molecule has 1 aliphatic heterocycles. The normalized spacial score (nSPS) is 17.0. The van der Waals surface area contributed by atoms with Crippen molar-refractivity contribution in [2.24, 2.45) is 0 Å². The van der Waals surface area contributed by atoms with Gasteiger partial charge in [0, 0.05) is 54.6 Å². The van der Waals surface area contributed by atoms with E-state index in [0.29, 0.717) is 17.8 Å². The minimum atomic E-state index is -0.322. The Morgan fingerprint density at radius 3 is 2.38 bits per heavy atom. The number of amides is 1. The molecule has 1 aliphatic rings. The fraction of sp³-hybridized carbons (Fsp3) is 0.517. The number of likely N-dealkylation sites (tertiary alicyclic amines) is 1. The second-order valence-electron chi connectivity index (χ2n) is 11.9. The number of nitrogens with zero attached hydrogens (tertiary/aromatic N) is 6. The number of H-pyrrole nitrogens is 1. The molecule has 0 spiro atoms. The van der Waals surface area contributed by atoms with Crippen LogP contribution in [0.4, 0.5) is 5.82 Å². The molecular weight excluding hydrogens is 492 g/mol. The van der Waals surface area contributed by atoms with Crippen molar-refractivity contribution < 1.29 is 9.90 Å². The summed E-state index contributed by atoms with van der Waals surface area (Å²) >= 11 is 0. The first-order valence-corrected chi connectivity index (χ1v) is 13.5. The third-order valence-electron chi connectivity index (χ3n) is 7.74. The Hall–Kier alpha value is -3.50. The number of aromatic amines is 1. The zero-order chi connectivity index (χ0) is 28.4. The molecule has 1 saturated heterocycles. The van der Waals surface area contributed by atoms with Crippen LogP contribution in [-0.2, 0) is 4.79 Å². The number of carbonyl (C=O) groups excluding carboxylic acids is 1. The molecule has 1 aromatic carbocycles. The van der Waals surface area contributed by atoms with E-state index in [0.717, 1.165) is 42.9 Å². The Balaban J connectivity index is 1.47. The van der Waals surface area contributed by atoms with Crippen LogP contribution in [0.25, 0.3) is 22.4 Å². The zero-order valence-electron chi connectivity index (χ0n) is 24.2. The van der Waals surface area contributed by atoms with Crippen molar-refractivity contribution in [2.45, 2.75) is 57.7 Å². The number of benzene rings is 1. The molecule has 0 aliphatic carbocycles. The van der Waals surface area contributed by atoms with Gasteiger partial charge in [0.2, 0.25) is 5.91 Å². The lowest BCUT2D eigenvalue weighted by Gasteiger charge is -2.57. The van der Waals surface area contributed by atoms with Crippen molar-refractivity contribution >= 4 is 11.7 Å². The molecule has 2 aromatic heterocycles. The first-order valence-electron chi connectivity index (χ1n) is 13.5. The zero-order valence-corrected chi connectivity index (χ0v) is 24.2. The third kappa shape index (κ3) is 6.23. The quantitative estimate of drug-likeness (QED) is 0.383. The highest BCUT2D eigenvalue weighted by molar-refractivity contribution is 5.80. The van der Waals surface area contributed by atoms with E-state index >= 15 is 0 Å². The minimum Gasteiger partial charge on any atom is -0.507 e. The molecule has 0 saturated carbocycles. The highest BCUT2D eigenvalue weighted by Crippen LogP contribution is 2.41. The number of hydrogen-bond donors (Lipinski definition) is 3. The standard InChI is InChI=1S/C29H42N8O2/c1-28(2)15-22(16-29(3,4)37(28)27(39)19-35(6)13-12-30-5)36(7)26-11-10-24(33-34-26)23-9-8-20(14-25(23)38)21-17-31-32-18-21/h8-11,14,17-18,22,30,38H,12-13,15-16,19H2,1-7H3,(H,31,32). The minimum absolute atomic E-state index is 0.140. The molecule has 0 unspecified atom stereocenters. The molecule has 210 valence electrons. The van der Waals surface area contributed by atoms with Crippen LogP contribution in [0.1, 0.15) is 40.5 Å². The smallest absolute Gasteiger partial charge is 0.237 e. The second-order valence-corrected chi connectivity index (χ2v) is 11.9. The molecule has 3 aromatic rings. The maximum atomic E-state index is 13.4. The van der Waals surface area contributed by atoms with Gasteiger partial charge in [-0.15, -0.1) is 10.2 Å². The number of nitrogens with one attached hydrogen (secondary N) is 2. The van der Waals surface area contributed by atoms with E-state index in [1.54, 1.807) is 18.5 Å². The Kier molecular flexibility index (Phi) is 8.27. The summed E-state index contributed by atoms with van der Waals surface area (Å²) in [5, 5.41) is 29.5. The first kappa shape index (κ1) is 28.5. The van der Waals surface area contributed by atoms with E-state index in [2.05, 4.69) is 68.1 Å². The van der Waals surface area contributed by atoms with Gasteiger partial charge < -0.3 is 20.2 Å². The van der Waals surface area contributed by atoms with Gasteiger partial charge in [0.15, 0.2) is 5.82 Å². The number of piperidine rings is 1. The summed E-state index contributed by atoms with van der Waals surface area (Å²) in [5.74, 6) is 1.06. The Bertz CT molecular complexity index is 1240. The van der Waals surface area contributed by atoms with Gasteiger partial charge in [0.05, 0.1) is 18.4 Å². The van der Waals surface area contributed by atoms with Crippen LogP contribution < -0.4 is 10.2 Å². The molecule has 10 heteroatoms. The van der Waals surface area contributed by atoms with Gasteiger partial charge in [-0.2, -0.15) is 5.10 Å². The number of rotatable bonds is 9. The van der Waals surface area contributed by atoms with Gasteiger partial charge in [0.1, 0.15) is 5.75 Å². The summed E-state index contributed by atoms with van der Waals surface area (Å²) in [4.78, 5) is 19.8. The van der Waals surface area contributed by atoms with Crippen molar-refractivity contribution in [2.75, 3.05) is 45.7 Å². The molecule has 4 rings (SSSR count). The van der Waals surface area contributed by atoms with Gasteiger partial charge in [-0.1, -0.05) is 6.07 Å². The topological polar surface area (TPSA) is 114 Å². The molecule has 3 heterocycles. The van der Waals surface area contributed by atoms with Gasteiger partial charge >= 0.3 is 0 Å². The van der Waals surface area contributed by atoms with Crippen molar-refractivity contribution in [3.63, 3.8) is 0 Å². The lowest BCUT2D eigenvalue weighted by Crippen LogP contribution is -2.67. The van der Waals surface area contributed by atoms with Gasteiger partial charge in [-0.25, -0.2) is 0 Å². The van der Waals surface area contributed by atoms with Crippen LogP contribution in [0.5, 0.6) is 5.75 Å². The molecule has 39 heavy (non-hydrogen) atoms. The Morgan fingerprint density at radius 1 is 1.10 bits per heavy atom. The lowest BCUT2D eigenvalue weighted by molar-refractivity contribution is -0.150. The number of carbonyl (C=O) groups is 1. The van der Waals surface area contributed by atoms with Crippen LogP contribution in [0, 0.1) is 0 Å². The molecule has 3 N–H and O–H groups in total. The maximum Gasteiger partial charge on any atom is 0.237 e. The molecule has 0 atom stereocenters. The van der Waals surface area contributed by atoms with Gasteiger partial charge in [-0.3, -0.25) is 14.8 Å². The highest BCUT2D eigenvalue weighted by atomic mass is 16.3. The van der Waals surface area contributed by atoms with Crippen LogP contribution in [-0.4, -0.2) is 99.1 Å². The van der Waals surface area contributed by atoms with Crippen molar-refractivity contribution in [3.05, 3.63) is 42.7 Å². The predicted octanol–water partition coefficient (Wildman–Crippen LogP) is 3.37. The van der Waals surface area contributed by atoms with Crippen LogP contribution >= 0.6 is 0 Å². The largest absolute Gasteiger partial charge is 0.507 e. The average Bonchev–Trinajstić information content (AvgIpc) is 3.41. The Morgan fingerprint density at radius 2 is 1.82 bits per heavy atom. The number of aromatic nitrogens is 4.